The van der Waals surface area contributed by atoms with E-state index in [0.717, 1.165) is 25.7 Å². The van der Waals surface area contributed by atoms with Crippen LogP contribution in [-0.2, 0) is 4.79 Å². The van der Waals surface area contributed by atoms with Crippen molar-refractivity contribution in [3.8, 4) is 0 Å². The Kier molecular flexibility index (Phi) is 7.21. The molecule has 0 atom stereocenters. The Hall–Kier alpha value is -0.530. The first-order chi connectivity index (χ1) is 5.27. The molecule has 0 bridgehead atoms. The molecule has 0 amide bonds. The third-order valence-electron chi connectivity index (χ3n) is 1.52. The highest BCUT2D eigenvalue weighted by Crippen LogP contribution is 2.05. The molecule has 2 heteroatoms. The summed E-state index contributed by atoms with van der Waals surface area (Å²) in [6.45, 7) is 3.73. The maximum Gasteiger partial charge on any atom is 0.307 e. The van der Waals surface area contributed by atoms with Gasteiger partial charge >= 0.3 is 5.97 Å². The zero-order valence-electron chi connectivity index (χ0n) is 6.88. The van der Waals surface area contributed by atoms with E-state index in [2.05, 4.69) is 6.92 Å². The maximum atomic E-state index is 10.0. The van der Waals surface area contributed by atoms with Gasteiger partial charge in [0.1, 0.15) is 0 Å². The van der Waals surface area contributed by atoms with Crippen molar-refractivity contribution in [2.45, 2.75) is 38.5 Å². The van der Waals surface area contributed by atoms with Crippen LogP contribution in [0.15, 0.2) is 0 Å². The van der Waals surface area contributed by atoms with Gasteiger partial charge in [-0.3, -0.25) is 4.79 Å². The number of carbonyl (C=O) groups is 1. The van der Waals surface area contributed by atoms with E-state index in [1.165, 1.54) is 12.8 Å². The number of rotatable bonds is 7. The number of carboxylic acid groups (broad SMARTS) is 1. The molecule has 0 aromatic carbocycles. The Balaban J connectivity index is 2.85. The average Bonchev–Trinajstić information content (AvgIpc) is 1.96. The molecule has 0 aliphatic rings. The van der Waals surface area contributed by atoms with Crippen LogP contribution >= 0.6 is 0 Å². The Morgan fingerprint density at radius 3 is 2.45 bits per heavy atom. The van der Waals surface area contributed by atoms with E-state index in [1.807, 2.05) is 0 Å². The highest BCUT2D eigenvalue weighted by Gasteiger charge is 1.95. The summed E-state index contributed by atoms with van der Waals surface area (Å²) in [5.74, 6) is -0.804. The fraction of sp³-hybridized carbons (Fsp3) is 0.667. The molecule has 0 saturated heterocycles. The van der Waals surface area contributed by atoms with Crippen molar-refractivity contribution in [1.82, 2.24) is 0 Å². The minimum absolute atomic E-state index is 0.701. The molecular weight excluding hydrogens is 140 g/mol. The smallest absolute Gasteiger partial charge is 0.307 e. The standard InChI is InChI=1S/C9H16O2/c1-2-3-4-5-6-7-8-9(10)11/h8H,1-7H2,(H,10,11). The first kappa shape index (κ1) is 10.5. The minimum atomic E-state index is -0.804. The maximum absolute atomic E-state index is 10.0. The van der Waals surface area contributed by atoms with Crippen LogP contribution in [0.25, 0.3) is 0 Å². The van der Waals surface area contributed by atoms with Crippen LogP contribution in [0.4, 0.5) is 0 Å². The molecule has 64 valence electrons. The summed E-state index contributed by atoms with van der Waals surface area (Å²) in [5, 5.41) is 8.25. The molecule has 0 saturated carbocycles. The zero-order chi connectivity index (χ0) is 8.53. The zero-order valence-corrected chi connectivity index (χ0v) is 6.88. The van der Waals surface area contributed by atoms with Gasteiger partial charge < -0.3 is 5.11 Å². The molecule has 0 unspecified atom stereocenters. The third-order valence-corrected chi connectivity index (χ3v) is 1.52. The van der Waals surface area contributed by atoms with Crippen LogP contribution in [0.3, 0.4) is 0 Å². The second kappa shape index (κ2) is 7.58. The average molecular weight is 156 g/mol. The Morgan fingerprint density at radius 2 is 1.91 bits per heavy atom. The van der Waals surface area contributed by atoms with Gasteiger partial charge in [-0.1, -0.05) is 39.0 Å². The van der Waals surface area contributed by atoms with Gasteiger partial charge in [-0.15, -0.1) is 0 Å². The van der Waals surface area contributed by atoms with Gasteiger partial charge in [0.2, 0.25) is 0 Å². The van der Waals surface area contributed by atoms with Crippen LogP contribution < -0.4 is 0 Å². The first-order valence-electron chi connectivity index (χ1n) is 4.12. The first-order valence-corrected chi connectivity index (χ1v) is 4.12. The highest BCUT2D eigenvalue weighted by atomic mass is 16.4. The van der Waals surface area contributed by atoms with Crippen LogP contribution in [0.1, 0.15) is 38.5 Å². The van der Waals surface area contributed by atoms with E-state index in [9.17, 15) is 4.79 Å². The van der Waals surface area contributed by atoms with Crippen LogP contribution in [0, 0.1) is 13.3 Å². The molecule has 1 N–H and O–H groups in total. The molecule has 0 aromatic rings. The van der Waals surface area contributed by atoms with Crippen LogP contribution in [0.5, 0.6) is 0 Å². The molecule has 0 fully saturated rings. The summed E-state index contributed by atoms with van der Waals surface area (Å²) >= 11 is 0. The van der Waals surface area contributed by atoms with Crippen molar-refractivity contribution in [3.05, 3.63) is 13.3 Å². The molecule has 0 heterocycles. The molecule has 0 aliphatic carbocycles. The van der Waals surface area contributed by atoms with Crippen LogP contribution in [0.2, 0.25) is 0 Å². The van der Waals surface area contributed by atoms with Gasteiger partial charge in [-0.25, -0.2) is 0 Å². The van der Waals surface area contributed by atoms with Crippen molar-refractivity contribution in [2.75, 3.05) is 0 Å². The van der Waals surface area contributed by atoms with Crippen molar-refractivity contribution < 1.29 is 9.90 Å². The van der Waals surface area contributed by atoms with E-state index in [-0.39, 0.29) is 0 Å². The third kappa shape index (κ3) is 9.47. The quantitative estimate of drug-likeness (QED) is 0.575. The molecule has 0 aliphatic heterocycles. The summed E-state index contributed by atoms with van der Waals surface area (Å²) in [6.07, 6.45) is 7.47. The molecule has 2 radical (unpaired) electrons. The van der Waals surface area contributed by atoms with Gasteiger partial charge in [-0.05, 0) is 6.42 Å². The number of hydrogen-bond donors (Lipinski definition) is 1. The van der Waals surface area contributed by atoms with E-state index in [4.69, 9.17) is 5.11 Å². The van der Waals surface area contributed by atoms with Gasteiger partial charge in [0.15, 0.2) is 0 Å². The monoisotopic (exact) mass is 156 g/mol. The lowest BCUT2D eigenvalue weighted by molar-refractivity contribution is -0.133. The Labute approximate surface area is 68.6 Å². The number of carboxylic acids is 1. The van der Waals surface area contributed by atoms with Crippen molar-refractivity contribution >= 4 is 5.97 Å². The van der Waals surface area contributed by atoms with E-state index < -0.39 is 5.97 Å². The van der Waals surface area contributed by atoms with Crippen LogP contribution in [-0.4, -0.2) is 11.1 Å². The fourth-order valence-corrected chi connectivity index (χ4v) is 0.900. The molecule has 11 heavy (non-hydrogen) atoms. The lowest BCUT2D eigenvalue weighted by Crippen LogP contribution is -1.94. The van der Waals surface area contributed by atoms with Crippen molar-refractivity contribution in [1.29, 1.82) is 0 Å². The van der Waals surface area contributed by atoms with Gasteiger partial charge in [0, 0.05) is 0 Å². The summed E-state index contributed by atoms with van der Waals surface area (Å²) < 4.78 is 0. The summed E-state index contributed by atoms with van der Waals surface area (Å²) in [6, 6.07) is 0. The lowest BCUT2D eigenvalue weighted by Gasteiger charge is -1.96. The fourth-order valence-electron chi connectivity index (χ4n) is 0.900. The normalized spacial score (nSPS) is 9.91. The van der Waals surface area contributed by atoms with E-state index in [1.54, 1.807) is 0 Å². The van der Waals surface area contributed by atoms with Crippen molar-refractivity contribution in [2.24, 2.45) is 0 Å². The Morgan fingerprint density at radius 1 is 1.27 bits per heavy atom. The Bertz CT molecular complexity index is 99.7. The van der Waals surface area contributed by atoms with E-state index in [0.29, 0.717) is 6.42 Å². The number of aliphatic carboxylic acids is 1. The molecule has 0 rings (SSSR count). The largest absolute Gasteiger partial charge is 0.481 e. The molecular formula is C9H16O2. The van der Waals surface area contributed by atoms with Gasteiger partial charge in [-0.2, -0.15) is 0 Å². The predicted molar refractivity (Wildman–Crippen MR) is 45.0 cm³/mol. The topological polar surface area (TPSA) is 37.3 Å². The lowest BCUT2D eigenvalue weighted by atomic mass is 10.1. The SMILES string of the molecule is [CH2]CCCCCC[CH]C(=O)O. The number of unbranched alkanes of at least 4 members (excludes halogenated alkanes) is 5. The molecule has 0 spiro atoms. The van der Waals surface area contributed by atoms with Gasteiger partial charge in [0.05, 0.1) is 6.42 Å². The summed E-state index contributed by atoms with van der Waals surface area (Å²) in [5.41, 5.74) is 0. The molecule has 2 nitrogen and oxygen atoms in total. The predicted octanol–water partition coefficient (Wildman–Crippen LogP) is 2.45. The van der Waals surface area contributed by atoms with Crippen molar-refractivity contribution in [3.63, 3.8) is 0 Å². The second-order valence-corrected chi connectivity index (χ2v) is 2.60. The summed E-state index contributed by atoms with van der Waals surface area (Å²) in [4.78, 5) is 10.0. The second-order valence-electron chi connectivity index (χ2n) is 2.60. The summed E-state index contributed by atoms with van der Waals surface area (Å²) in [7, 11) is 0. The van der Waals surface area contributed by atoms with E-state index >= 15 is 0 Å². The van der Waals surface area contributed by atoms with Gasteiger partial charge in [0.25, 0.3) is 0 Å². The molecule has 0 aromatic heterocycles. The highest BCUT2D eigenvalue weighted by molar-refractivity contribution is 5.76. The number of hydrogen-bond acceptors (Lipinski definition) is 1. The minimum Gasteiger partial charge on any atom is -0.481 e.